The molecule has 184 valence electrons. The molecular weight excluding hydrogens is 513 g/mol. The van der Waals surface area contributed by atoms with Crippen LogP contribution in [0, 0.1) is 0 Å². The maximum absolute atomic E-state index is 12.6. The first-order chi connectivity index (χ1) is 17.1. The summed E-state index contributed by atoms with van der Waals surface area (Å²) in [6, 6.07) is 9.34. The Hall–Kier alpha value is -4.42. The predicted octanol–water partition coefficient (Wildman–Crippen LogP) is 2.87. The minimum atomic E-state index is -1.18. The van der Waals surface area contributed by atoms with E-state index in [2.05, 4.69) is 19.9 Å². The lowest BCUT2D eigenvalue weighted by atomic mass is 10.1. The molecule has 2 aromatic carbocycles. The van der Waals surface area contributed by atoms with E-state index in [0.717, 1.165) is 0 Å². The molecule has 2 aromatic heterocycles. The van der Waals surface area contributed by atoms with Gasteiger partial charge in [0.2, 0.25) is 11.7 Å². The monoisotopic (exact) mass is 529 g/mol. The van der Waals surface area contributed by atoms with Gasteiger partial charge >= 0.3 is 5.97 Å². The van der Waals surface area contributed by atoms with Gasteiger partial charge in [0.25, 0.3) is 0 Å². The van der Waals surface area contributed by atoms with Crippen LogP contribution in [0.15, 0.2) is 36.4 Å². The average molecular weight is 530 g/mol. The third-order valence-electron chi connectivity index (χ3n) is 4.80. The fourth-order valence-corrected chi connectivity index (χ4v) is 3.63. The van der Waals surface area contributed by atoms with Gasteiger partial charge in [-0.1, -0.05) is 23.2 Å². The van der Waals surface area contributed by atoms with Crippen molar-refractivity contribution in [1.29, 1.82) is 0 Å². The van der Waals surface area contributed by atoms with E-state index in [-0.39, 0.29) is 56.7 Å². The molecule has 0 saturated heterocycles. The fourth-order valence-electron chi connectivity index (χ4n) is 3.14. The number of hydrogen-bond donors (Lipinski definition) is 4. The van der Waals surface area contributed by atoms with Gasteiger partial charge < -0.3 is 31.8 Å². The lowest BCUT2D eigenvalue weighted by Gasteiger charge is -2.11. The molecule has 0 aliphatic rings. The number of nitrogens with zero attached hydrogens (tertiary/aromatic N) is 4. The van der Waals surface area contributed by atoms with Crippen molar-refractivity contribution in [2.45, 2.75) is 0 Å². The normalized spacial score (nSPS) is 10.8. The number of carbonyl (C=O) groups is 2. The number of ketones is 1. The quantitative estimate of drug-likeness (QED) is 0.243. The maximum Gasteiger partial charge on any atom is 0.341 e. The van der Waals surface area contributed by atoms with Crippen LogP contribution < -0.4 is 26.7 Å². The number of anilines is 3. The molecule has 2 heterocycles. The number of carboxylic acids is 1. The van der Waals surface area contributed by atoms with Crippen molar-refractivity contribution < 1.29 is 24.2 Å². The van der Waals surface area contributed by atoms with Gasteiger partial charge in [-0.05, 0) is 36.4 Å². The molecule has 4 rings (SSSR count). The van der Waals surface area contributed by atoms with Gasteiger partial charge in [-0.2, -0.15) is 9.97 Å². The highest BCUT2D eigenvalue weighted by Gasteiger charge is 2.18. The number of aliphatic carboxylic acids is 1. The van der Waals surface area contributed by atoms with E-state index in [1.807, 2.05) is 0 Å². The molecule has 0 spiro atoms. The van der Waals surface area contributed by atoms with E-state index in [9.17, 15) is 9.59 Å². The topological polar surface area (TPSA) is 202 Å². The lowest BCUT2D eigenvalue weighted by Crippen LogP contribution is -2.13. The van der Waals surface area contributed by atoms with Crippen LogP contribution in [-0.2, 0) is 4.79 Å². The minimum Gasteiger partial charge on any atom is -0.485 e. The second-order valence-electron chi connectivity index (χ2n) is 7.25. The Morgan fingerprint density at radius 3 is 2.25 bits per heavy atom. The molecular formula is C22H17Cl2N7O5. The van der Waals surface area contributed by atoms with Crippen molar-refractivity contribution in [2.75, 3.05) is 30.4 Å². The molecule has 0 bridgehead atoms. The van der Waals surface area contributed by atoms with Crippen molar-refractivity contribution in [3.63, 3.8) is 0 Å². The van der Waals surface area contributed by atoms with Gasteiger partial charge in [0.05, 0.1) is 5.02 Å². The number of halogens is 2. The smallest absolute Gasteiger partial charge is 0.341 e. The average Bonchev–Trinajstić information content (AvgIpc) is 2.83. The number of nitrogens with two attached hydrogens (primary N) is 3. The molecule has 0 aliphatic heterocycles. The number of aromatic nitrogens is 4. The number of ether oxygens (including phenoxy) is 2. The summed E-state index contributed by atoms with van der Waals surface area (Å²) in [5, 5.41) is 8.57. The van der Waals surface area contributed by atoms with Crippen LogP contribution in [0.25, 0.3) is 22.4 Å². The molecule has 0 unspecified atom stereocenters. The van der Waals surface area contributed by atoms with Crippen molar-refractivity contribution in [1.82, 2.24) is 19.9 Å². The number of hydrogen-bond acceptors (Lipinski definition) is 11. The van der Waals surface area contributed by atoms with Gasteiger partial charge in [0.1, 0.15) is 22.2 Å². The standard InChI is InChI=1S/C22H17Cl2N7O5/c23-15-11(5-6-13(16(15)24)36-8-14(33)34)12(32)7-35-10-3-1-9(2-4-10)17-19(25)29-21-18(28-17)20(26)30-22(27)31-21/h1-6H,7-8H2,(H,33,34)(H6,25,26,27,29,30,31). The highest BCUT2D eigenvalue weighted by Crippen LogP contribution is 2.35. The number of rotatable bonds is 8. The predicted molar refractivity (Wildman–Crippen MR) is 133 cm³/mol. The summed E-state index contributed by atoms with van der Waals surface area (Å²) in [6.07, 6.45) is 0. The first-order valence-corrected chi connectivity index (χ1v) is 10.8. The van der Waals surface area contributed by atoms with Crippen molar-refractivity contribution >= 4 is 63.7 Å². The number of Topliss-reactive ketones (excluding diaryl/α,β-unsaturated/α-hetero) is 1. The van der Waals surface area contributed by atoms with Crippen LogP contribution >= 0.6 is 23.2 Å². The van der Waals surface area contributed by atoms with E-state index in [1.54, 1.807) is 24.3 Å². The second-order valence-corrected chi connectivity index (χ2v) is 8.01. The molecule has 7 N–H and O–H groups in total. The zero-order valence-corrected chi connectivity index (χ0v) is 19.7. The van der Waals surface area contributed by atoms with Gasteiger partial charge in [0, 0.05) is 11.1 Å². The third-order valence-corrected chi connectivity index (χ3v) is 5.66. The van der Waals surface area contributed by atoms with Crippen LogP contribution in [0.4, 0.5) is 17.6 Å². The zero-order chi connectivity index (χ0) is 26.0. The Labute approximate surface area is 213 Å². The molecule has 12 nitrogen and oxygen atoms in total. The summed E-state index contributed by atoms with van der Waals surface area (Å²) >= 11 is 12.3. The number of fused-ring (bicyclic) bond motifs is 1. The highest BCUT2D eigenvalue weighted by atomic mass is 35.5. The third kappa shape index (κ3) is 5.14. The molecule has 0 amide bonds. The van der Waals surface area contributed by atoms with Gasteiger partial charge in [-0.3, -0.25) is 4.79 Å². The summed E-state index contributed by atoms with van der Waals surface area (Å²) in [5.41, 5.74) is 19.0. The van der Waals surface area contributed by atoms with Crippen LogP contribution in [-0.4, -0.2) is 50.0 Å². The molecule has 0 saturated carbocycles. The van der Waals surface area contributed by atoms with Crippen molar-refractivity contribution in [3.05, 3.63) is 52.0 Å². The number of benzene rings is 2. The van der Waals surface area contributed by atoms with E-state index < -0.39 is 18.4 Å². The summed E-state index contributed by atoms with van der Waals surface area (Å²) in [5.74, 6) is -1.04. The van der Waals surface area contributed by atoms with E-state index in [0.29, 0.717) is 17.0 Å². The summed E-state index contributed by atoms with van der Waals surface area (Å²) < 4.78 is 10.6. The molecule has 14 heteroatoms. The summed E-state index contributed by atoms with van der Waals surface area (Å²) in [6.45, 7) is -0.938. The van der Waals surface area contributed by atoms with Gasteiger partial charge in [-0.15, -0.1) is 0 Å². The van der Waals surface area contributed by atoms with Crippen LogP contribution in [0.2, 0.25) is 10.0 Å². The van der Waals surface area contributed by atoms with E-state index in [4.69, 9.17) is 55.0 Å². The highest BCUT2D eigenvalue weighted by molar-refractivity contribution is 6.44. The van der Waals surface area contributed by atoms with Crippen molar-refractivity contribution in [2.24, 2.45) is 0 Å². The SMILES string of the molecule is Nc1nc(N)c2nc(-c3ccc(OCC(=O)c4ccc(OCC(=O)O)c(Cl)c4Cl)cc3)c(N)nc2n1. The molecule has 0 fully saturated rings. The molecule has 36 heavy (non-hydrogen) atoms. The van der Waals surface area contributed by atoms with E-state index in [1.165, 1.54) is 12.1 Å². The molecule has 4 aromatic rings. The summed E-state index contributed by atoms with van der Waals surface area (Å²) in [7, 11) is 0. The van der Waals surface area contributed by atoms with Gasteiger partial charge in [-0.25, -0.2) is 14.8 Å². The Bertz CT molecular complexity index is 1500. The van der Waals surface area contributed by atoms with Crippen LogP contribution in [0.3, 0.4) is 0 Å². The molecule has 0 atom stereocenters. The maximum atomic E-state index is 12.6. The lowest BCUT2D eigenvalue weighted by molar-refractivity contribution is -0.139. The Morgan fingerprint density at radius 1 is 0.833 bits per heavy atom. The first kappa shape index (κ1) is 24.7. The minimum absolute atomic E-state index is 0.0384. The molecule has 0 radical (unpaired) electrons. The Morgan fingerprint density at radius 2 is 1.56 bits per heavy atom. The van der Waals surface area contributed by atoms with Crippen molar-refractivity contribution in [3.8, 4) is 22.8 Å². The van der Waals surface area contributed by atoms with E-state index >= 15 is 0 Å². The fraction of sp³-hybridized carbons (Fsp3) is 0.0909. The molecule has 0 aliphatic carbocycles. The number of carbonyl (C=O) groups excluding carboxylic acids is 1. The summed E-state index contributed by atoms with van der Waals surface area (Å²) in [4.78, 5) is 39.7. The van der Waals surface area contributed by atoms with Crippen LogP contribution in [0.1, 0.15) is 10.4 Å². The second kappa shape index (κ2) is 10.1. The Balaban J connectivity index is 1.47. The Kier molecular flexibility index (Phi) is 6.90. The first-order valence-electron chi connectivity index (χ1n) is 10.1. The largest absolute Gasteiger partial charge is 0.485 e. The van der Waals surface area contributed by atoms with Gasteiger partial charge in [0.15, 0.2) is 36.0 Å². The number of nitrogen functional groups attached to an aromatic ring is 3. The number of carboxylic acid groups (broad SMARTS) is 1. The van der Waals surface area contributed by atoms with Crippen LogP contribution in [0.5, 0.6) is 11.5 Å². The zero-order valence-electron chi connectivity index (χ0n) is 18.2.